The minimum atomic E-state index is 0.00202. The molecule has 0 atom stereocenters. The SMILES string of the molecule is Nc1ccc(NC(=O)C2CCC(NC(=O)C3CCCC3)CC2)cn1. The number of nitrogens with zero attached hydrogens (tertiary/aromatic N) is 1. The summed E-state index contributed by atoms with van der Waals surface area (Å²) >= 11 is 0. The third kappa shape index (κ3) is 4.24. The fraction of sp³-hybridized carbons (Fsp3) is 0.611. The van der Waals surface area contributed by atoms with E-state index in [0.717, 1.165) is 38.5 Å². The normalized spacial score (nSPS) is 24.5. The summed E-state index contributed by atoms with van der Waals surface area (Å²) in [5.74, 6) is 0.897. The van der Waals surface area contributed by atoms with Gasteiger partial charge in [0.05, 0.1) is 11.9 Å². The second kappa shape index (κ2) is 7.64. The summed E-state index contributed by atoms with van der Waals surface area (Å²) in [4.78, 5) is 28.5. The van der Waals surface area contributed by atoms with Gasteiger partial charge in [0.2, 0.25) is 11.8 Å². The van der Waals surface area contributed by atoms with Gasteiger partial charge < -0.3 is 16.4 Å². The highest BCUT2D eigenvalue weighted by Crippen LogP contribution is 2.28. The lowest BCUT2D eigenvalue weighted by Gasteiger charge is -2.29. The van der Waals surface area contributed by atoms with E-state index < -0.39 is 0 Å². The third-order valence-electron chi connectivity index (χ3n) is 5.22. The monoisotopic (exact) mass is 330 g/mol. The van der Waals surface area contributed by atoms with Crippen LogP contribution in [0.5, 0.6) is 0 Å². The van der Waals surface area contributed by atoms with E-state index in [0.29, 0.717) is 11.5 Å². The van der Waals surface area contributed by atoms with Crippen molar-refractivity contribution >= 4 is 23.3 Å². The number of rotatable bonds is 4. The largest absolute Gasteiger partial charge is 0.384 e. The predicted molar refractivity (Wildman–Crippen MR) is 93.1 cm³/mol. The number of anilines is 2. The highest BCUT2D eigenvalue weighted by Gasteiger charge is 2.29. The van der Waals surface area contributed by atoms with Gasteiger partial charge in [0.1, 0.15) is 5.82 Å². The Kier molecular flexibility index (Phi) is 5.33. The highest BCUT2D eigenvalue weighted by molar-refractivity contribution is 5.92. The molecule has 0 radical (unpaired) electrons. The second-order valence-corrected chi connectivity index (χ2v) is 7.00. The van der Waals surface area contributed by atoms with Gasteiger partial charge in [-0.25, -0.2) is 4.98 Å². The zero-order valence-electron chi connectivity index (χ0n) is 14.0. The maximum absolute atomic E-state index is 12.3. The molecule has 0 unspecified atom stereocenters. The Hall–Kier alpha value is -2.11. The highest BCUT2D eigenvalue weighted by atomic mass is 16.2. The van der Waals surface area contributed by atoms with Crippen molar-refractivity contribution in [2.45, 2.75) is 57.4 Å². The number of aromatic nitrogens is 1. The van der Waals surface area contributed by atoms with Crippen LogP contribution >= 0.6 is 0 Å². The Morgan fingerprint density at radius 3 is 2.25 bits per heavy atom. The van der Waals surface area contributed by atoms with Gasteiger partial charge in [0.25, 0.3) is 0 Å². The first-order valence-electron chi connectivity index (χ1n) is 8.94. The molecule has 0 saturated heterocycles. The summed E-state index contributed by atoms with van der Waals surface area (Å²) in [6.07, 6.45) is 9.33. The molecular formula is C18H26N4O2. The van der Waals surface area contributed by atoms with Crippen LogP contribution in [0.25, 0.3) is 0 Å². The van der Waals surface area contributed by atoms with Gasteiger partial charge >= 0.3 is 0 Å². The fourth-order valence-electron chi connectivity index (χ4n) is 3.73. The summed E-state index contributed by atoms with van der Waals surface area (Å²) in [6, 6.07) is 3.65. The van der Waals surface area contributed by atoms with Crippen LogP contribution < -0.4 is 16.4 Å². The maximum Gasteiger partial charge on any atom is 0.227 e. The number of hydrogen-bond acceptors (Lipinski definition) is 4. The zero-order valence-corrected chi connectivity index (χ0v) is 14.0. The van der Waals surface area contributed by atoms with E-state index in [9.17, 15) is 9.59 Å². The lowest BCUT2D eigenvalue weighted by atomic mass is 9.85. The molecule has 2 aliphatic rings. The lowest BCUT2D eigenvalue weighted by molar-refractivity contribution is -0.125. The average Bonchev–Trinajstić information content (AvgIpc) is 3.12. The van der Waals surface area contributed by atoms with E-state index in [1.807, 2.05) is 0 Å². The van der Waals surface area contributed by atoms with Gasteiger partial charge in [0.15, 0.2) is 0 Å². The van der Waals surface area contributed by atoms with Crippen LogP contribution in [0.3, 0.4) is 0 Å². The Bertz CT molecular complexity index is 573. The first kappa shape index (κ1) is 16.7. The lowest BCUT2D eigenvalue weighted by Crippen LogP contribution is -2.41. The number of nitrogens with two attached hydrogens (primary N) is 1. The third-order valence-corrected chi connectivity index (χ3v) is 5.22. The van der Waals surface area contributed by atoms with E-state index in [2.05, 4.69) is 15.6 Å². The van der Waals surface area contributed by atoms with Gasteiger partial charge in [-0.05, 0) is 50.7 Å². The Morgan fingerprint density at radius 2 is 1.62 bits per heavy atom. The molecule has 1 aromatic heterocycles. The smallest absolute Gasteiger partial charge is 0.227 e. The van der Waals surface area contributed by atoms with Crippen LogP contribution in [0.2, 0.25) is 0 Å². The van der Waals surface area contributed by atoms with Crippen LogP contribution in [-0.4, -0.2) is 22.8 Å². The van der Waals surface area contributed by atoms with Gasteiger partial charge in [0, 0.05) is 17.9 Å². The molecule has 2 aliphatic carbocycles. The second-order valence-electron chi connectivity index (χ2n) is 7.00. The van der Waals surface area contributed by atoms with Gasteiger partial charge in [-0.15, -0.1) is 0 Å². The Labute approximate surface area is 142 Å². The fourth-order valence-corrected chi connectivity index (χ4v) is 3.73. The predicted octanol–water partition coefficient (Wildman–Crippen LogP) is 2.47. The first-order chi connectivity index (χ1) is 11.6. The van der Waals surface area contributed by atoms with E-state index in [1.165, 1.54) is 12.8 Å². The number of pyridine rings is 1. The quantitative estimate of drug-likeness (QED) is 0.790. The molecule has 1 heterocycles. The molecule has 0 aliphatic heterocycles. The Balaban J connectivity index is 1.43. The maximum atomic E-state index is 12.3. The van der Waals surface area contributed by atoms with Crippen molar-refractivity contribution in [3.8, 4) is 0 Å². The summed E-state index contributed by atoms with van der Waals surface area (Å²) in [5.41, 5.74) is 6.21. The van der Waals surface area contributed by atoms with Crippen LogP contribution in [-0.2, 0) is 9.59 Å². The van der Waals surface area contributed by atoms with Crippen LogP contribution in [0.1, 0.15) is 51.4 Å². The van der Waals surface area contributed by atoms with E-state index >= 15 is 0 Å². The van der Waals surface area contributed by atoms with Crippen molar-refractivity contribution in [2.75, 3.05) is 11.1 Å². The van der Waals surface area contributed by atoms with Crippen molar-refractivity contribution in [1.29, 1.82) is 0 Å². The molecule has 1 aromatic rings. The van der Waals surface area contributed by atoms with Crippen molar-refractivity contribution in [2.24, 2.45) is 11.8 Å². The number of nitrogen functional groups attached to an aromatic ring is 1. The molecule has 6 heteroatoms. The summed E-state index contributed by atoms with van der Waals surface area (Å²) in [7, 11) is 0. The molecule has 130 valence electrons. The van der Waals surface area contributed by atoms with Gasteiger partial charge in [-0.1, -0.05) is 12.8 Å². The molecule has 0 spiro atoms. The number of carbonyl (C=O) groups excluding carboxylic acids is 2. The topological polar surface area (TPSA) is 97.1 Å². The summed E-state index contributed by atoms with van der Waals surface area (Å²) in [5, 5.41) is 6.08. The zero-order chi connectivity index (χ0) is 16.9. The molecule has 4 N–H and O–H groups in total. The van der Waals surface area contributed by atoms with E-state index in [1.54, 1.807) is 18.3 Å². The number of amides is 2. The average molecular weight is 330 g/mol. The van der Waals surface area contributed by atoms with Crippen LogP contribution in [0.4, 0.5) is 11.5 Å². The minimum absolute atomic E-state index is 0.00202. The van der Waals surface area contributed by atoms with Crippen molar-refractivity contribution in [3.05, 3.63) is 18.3 Å². The molecule has 6 nitrogen and oxygen atoms in total. The summed E-state index contributed by atoms with van der Waals surface area (Å²) in [6.45, 7) is 0. The van der Waals surface area contributed by atoms with Crippen LogP contribution in [0, 0.1) is 11.8 Å². The van der Waals surface area contributed by atoms with Crippen molar-refractivity contribution < 1.29 is 9.59 Å². The number of carbonyl (C=O) groups is 2. The molecule has 3 rings (SSSR count). The van der Waals surface area contributed by atoms with Gasteiger partial charge in [-0.2, -0.15) is 0 Å². The van der Waals surface area contributed by atoms with Crippen molar-refractivity contribution in [3.63, 3.8) is 0 Å². The van der Waals surface area contributed by atoms with E-state index in [4.69, 9.17) is 5.73 Å². The molecule has 0 aromatic carbocycles. The summed E-state index contributed by atoms with van der Waals surface area (Å²) < 4.78 is 0. The minimum Gasteiger partial charge on any atom is -0.384 e. The number of hydrogen-bond donors (Lipinski definition) is 3. The number of nitrogens with one attached hydrogen (secondary N) is 2. The molecule has 0 bridgehead atoms. The van der Waals surface area contributed by atoms with E-state index in [-0.39, 0.29) is 29.7 Å². The molecule has 2 amide bonds. The molecule has 24 heavy (non-hydrogen) atoms. The first-order valence-corrected chi connectivity index (χ1v) is 8.94. The Morgan fingerprint density at radius 1 is 0.958 bits per heavy atom. The standard InChI is InChI=1S/C18H26N4O2/c19-16-10-9-15(11-20-16)22-18(24)13-5-7-14(8-6-13)21-17(23)12-3-1-2-4-12/h9-14H,1-8H2,(H2,19,20)(H,21,23)(H,22,24). The van der Waals surface area contributed by atoms with Crippen molar-refractivity contribution in [1.82, 2.24) is 10.3 Å². The van der Waals surface area contributed by atoms with Crippen LogP contribution in [0.15, 0.2) is 18.3 Å². The molecular weight excluding hydrogens is 304 g/mol. The van der Waals surface area contributed by atoms with Gasteiger partial charge in [-0.3, -0.25) is 9.59 Å². The molecule has 2 saturated carbocycles. The molecule has 2 fully saturated rings.